The predicted octanol–water partition coefficient (Wildman–Crippen LogP) is 4.45. The number of aliphatic hydroxyl groups is 1. The van der Waals surface area contributed by atoms with Crippen molar-refractivity contribution in [2.75, 3.05) is 27.4 Å². The number of hydrazone groups is 1. The van der Waals surface area contributed by atoms with E-state index in [1.165, 1.54) is 13.3 Å². The van der Waals surface area contributed by atoms with Crippen molar-refractivity contribution in [3.63, 3.8) is 0 Å². The number of hydrogen-bond acceptors (Lipinski definition) is 10. The molecule has 238 valence electrons. The minimum Gasteiger partial charge on any atom is -0.493 e. The number of carbonyl (C=O) groups excluding carboxylic acids is 2. The average molecular weight is 639 g/mol. The van der Waals surface area contributed by atoms with Gasteiger partial charge in [-0.1, -0.05) is 35.9 Å². The highest BCUT2D eigenvalue weighted by atomic mass is 35.5. The Bertz CT molecular complexity index is 1580. The normalized spacial score (nSPS) is 15.2. The van der Waals surface area contributed by atoms with E-state index in [9.17, 15) is 14.7 Å². The molecule has 4 rings (SSSR count). The fourth-order valence-corrected chi connectivity index (χ4v) is 4.66. The zero-order valence-electron chi connectivity index (χ0n) is 25.3. The quantitative estimate of drug-likeness (QED) is 0.0870. The van der Waals surface area contributed by atoms with Gasteiger partial charge in [0.05, 0.1) is 38.7 Å². The Morgan fingerprint density at radius 2 is 1.80 bits per heavy atom. The molecule has 0 unspecified atom stereocenters. The lowest BCUT2D eigenvalue weighted by atomic mass is 9.95. The summed E-state index contributed by atoms with van der Waals surface area (Å²) >= 11 is 6.21. The van der Waals surface area contributed by atoms with Gasteiger partial charge in [-0.25, -0.2) is 9.59 Å². The van der Waals surface area contributed by atoms with Gasteiger partial charge < -0.3 is 39.4 Å². The Kier molecular flexibility index (Phi) is 11.5. The molecule has 0 aromatic heterocycles. The first kappa shape index (κ1) is 33.0. The van der Waals surface area contributed by atoms with Crippen LogP contribution in [0.4, 0.5) is 4.79 Å². The third kappa shape index (κ3) is 8.58. The van der Waals surface area contributed by atoms with Crippen molar-refractivity contribution in [1.29, 1.82) is 0 Å². The molecule has 2 amide bonds. The highest BCUT2D eigenvalue weighted by Gasteiger charge is 2.32. The number of methoxy groups -OCH3 is 2. The van der Waals surface area contributed by atoms with E-state index in [1.54, 1.807) is 56.5 Å². The average Bonchev–Trinajstić information content (AvgIpc) is 3.03. The molecule has 3 aromatic rings. The molecule has 0 fully saturated rings. The number of halogens is 1. The van der Waals surface area contributed by atoms with Crippen molar-refractivity contribution in [1.82, 2.24) is 16.1 Å². The van der Waals surface area contributed by atoms with Crippen LogP contribution in [0.3, 0.4) is 0 Å². The van der Waals surface area contributed by atoms with Crippen molar-refractivity contribution >= 4 is 29.8 Å². The van der Waals surface area contributed by atoms with E-state index in [2.05, 4.69) is 21.2 Å². The molecule has 12 nitrogen and oxygen atoms in total. The molecular formula is C32H35ClN4O8. The molecule has 13 heteroatoms. The Balaban J connectivity index is 1.37. The summed E-state index contributed by atoms with van der Waals surface area (Å²) in [6.07, 6.45) is 0.363. The van der Waals surface area contributed by atoms with E-state index in [4.69, 9.17) is 35.3 Å². The zero-order chi connectivity index (χ0) is 32.3. The fraction of sp³-hybridized carbons (Fsp3) is 0.281. The highest BCUT2D eigenvalue weighted by molar-refractivity contribution is 6.31. The smallest absolute Gasteiger partial charge is 0.337 e. The van der Waals surface area contributed by atoms with Gasteiger partial charge in [-0.2, -0.15) is 5.10 Å². The molecule has 2 atom stereocenters. The van der Waals surface area contributed by atoms with Gasteiger partial charge in [0.15, 0.2) is 29.2 Å². The number of nitrogens with one attached hydrogen (secondary N) is 3. The van der Waals surface area contributed by atoms with E-state index in [0.29, 0.717) is 51.5 Å². The Morgan fingerprint density at radius 1 is 1.04 bits per heavy atom. The van der Waals surface area contributed by atoms with Crippen LogP contribution in [0.15, 0.2) is 77.0 Å². The van der Waals surface area contributed by atoms with Gasteiger partial charge in [-0.3, -0.25) is 5.43 Å². The van der Waals surface area contributed by atoms with Crippen LogP contribution >= 0.6 is 11.6 Å². The first-order valence-electron chi connectivity index (χ1n) is 14.0. The van der Waals surface area contributed by atoms with Crippen LogP contribution in [0, 0.1) is 0 Å². The van der Waals surface area contributed by atoms with E-state index >= 15 is 0 Å². The van der Waals surface area contributed by atoms with Gasteiger partial charge in [-0.05, 0) is 61.4 Å². The Morgan fingerprint density at radius 3 is 2.53 bits per heavy atom. The molecule has 0 spiro atoms. The van der Waals surface area contributed by atoms with Crippen molar-refractivity contribution in [3.8, 4) is 23.0 Å². The molecule has 0 saturated heterocycles. The Hall–Kier alpha value is -4.94. The number of aliphatic hydroxyl groups excluding tert-OH is 1. The molecule has 45 heavy (non-hydrogen) atoms. The third-order valence-electron chi connectivity index (χ3n) is 6.64. The summed E-state index contributed by atoms with van der Waals surface area (Å²) in [6.45, 7) is 3.88. The number of carbonyl (C=O) groups is 2. The van der Waals surface area contributed by atoms with Crippen molar-refractivity contribution in [2.24, 2.45) is 5.10 Å². The summed E-state index contributed by atoms with van der Waals surface area (Å²) < 4.78 is 27.8. The van der Waals surface area contributed by atoms with Crippen molar-refractivity contribution in [2.45, 2.75) is 32.7 Å². The summed E-state index contributed by atoms with van der Waals surface area (Å²) in [5, 5.41) is 20.5. The van der Waals surface area contributed by atoms with Gasteiger partial charge in [0.25, 0.3) is 0 Å². The van der Waals surface area contributed by atoms with Crippen LogP contribution in [0.5, 0.6) is 23.0 Å². The van der Waals surface area contributed by atoms with Crippen LogP contribution in [0.1, 0.15) is 36.6 Å². The third-order valence-corrected chi connectivity index (χ3v) is 7.01. The fourth-order valence-electron chi connectivity index (χ4n) is 4.47. The summed E-state index contributed by atoms with van der Waals surface area (Å²) in [5.41, 5.74) is 5.41. The second-order valence-corrected chi connectivity index (χ2v) is 10.1. The lowest BCUT2D eigenvalue weighted by Crippen LogP contribution is -2.45. The minimum atomic E-state index is -1.16. The molecule has 0 radical (unpaired) electrons. The topological polar surface area (TPSA) is 149 Å². The van der Waals surface area contributed by atoms with Gasteiger partial charge in [-0.15, -0.1) is 0 Å². The second-order valence-electron chi connectivity index (χ2n) is 9.71. The summed E-state index contributed by atoms with van der Waals surface area (Å²) in [5.74, 6) is 1.19. The highest BCUT2D eigenvalue weighted by Crippen LogP contribution is 2.35. The van der Waals surface area contributed by atoms with Crippen molar-refractivity contribution < 1.29 is 38.4 Å². The SMILES string of the molecule is CCOc1cc([C@H]2NC(=O)NC(C)=C2C(=O)OC)ccc1OC[C@H](O)N/N=C\c1ccc(OCc2ccccc2Cl)c(OC)c1. The van der Waals surface area contributed by atoms with Gasteiger partial charge in [0, 0.05) is 16.3 Å². The number of esters is 1. The number of nitrogens with zero attached hydrogens (tertiary/aromatic N) is 1. The van der Waals surface area contributed by atoms with Gasteiger partial charge in [0.2, 0.25) is 0 Å². The number of hydrogen-bond donors (Lipinski definition) is 4. The maximum Gasteiger partial charge on any atom is 0.337 e. The van der Waals surface area contributed by atoms with E-state index in [0.717, 1.165) is 5.56 Å². The van der Waals surface area contributed by atoms with Crippen LogP contribution in [-0.4, -0.2) is 57.0 Å². The predicted molar refractivity (Wildman–Crippen MR) is 168 cm³/mol. The number of urea groups is 1. The first-order chi connectivity index (χ1) is 21.7. The van der Waals surface area contributed by atoms with E-state index in [-0.39, 0.29) is 18.8 Å². The summed E-state index contributed by atoms with van der Waals surface area (Å²) in [6, 6.07) is 16.5. The lowest BCUT2D eigenvalue weighted by Gasteiger charge is -2.28. The number of amides is 2. The number of rotatable bonds is 14. The monoisotopic (exact) mass is 638 g/mol. The van der Waals surface area contributed by atoms with Crippen LogP contribution in [0.2, 0.25) is 5.02 Å². The van der Waals surface area contributed by atoms with Crippen molar-refractivity contribution in [3.05, 3.63) is 93.6 Å². The number of benzene rings is 3. The minimum absolute atomic E-state index is 0.161. The van der Waals surface area contributed by atoms with Gasteiger partial charge >= 0.3 is 12.0 Å². The molecule has 1 aliphatic rings. The lowest BCUT2D eigenvalue weighted by molar-refractivity contribution is -0.136. The molecule has 0 bridgehead atoms. The maximum atomic E-state index is 12.4. The van der Waals surface area contributed by atoms with E-state index < -0.39 is 24.3 Å². The first-order valence-corrected chi connectivity index (χ1v) is 14.4. The standard InChI is InChI=1S/C32H35ClN4O8/c1-5-43-27-15-21(30-29(31(39)42-4)19(2)35-32(40)36-30)11-13-25(27)45-18-28(38)37-34-16-20-10-12-24(26(14-20)41-3)44-17-22-8-6-7-9-23(22)33/h6-16,28,30,37-38H,5,17-18H2,1-4H3,(H2,35,36,40)/b34-16-/t28-,30+/m0/s1. The summed E-state index contributed by atoms with van der Waals surface area (Å²) in [7, 11) is 2.81. The summed E-state index contributed by atoms with van der Waals surface area (Å²) in [4.78, 5) is 24.6. The van der Waals surface area contributed by atoms with Crippen LogP contribution in [0.25, 0.3) is 0 Å². The van der Waals surface area contributed by atoms with E-state index in [1.807, 2.05) is 25.1 Å². The Labute approximate surface area is 265 Å². The molecule has 3 aromatic carbocycles. The molecule has 4 N–H and O–H groups in total. The molecule has 1 heterocycles. The second kappa shape index (κ2) is 15.7. The number of allylic oxidation sites excluding steroid dienone is 1. The molecule has 0 aliphatic carbocycles. The zero-order valence-corrected chi connectivity index (χ0v) is 26.0. The largest absolute Gasteiger partial charge is 0.493 e. The number of ether oxygens (including phenoxy) is 5. The van der Waals surface area contributed by atoms with Crippen LogP contribution < -0.4 is 35.0 Å². The maximum absolute atomic E-state index is 12.4. The molecule has 0 saturated carbocycles. The van der Waals surface area contributed by atoms with Gasteiger partial charge in [0.1, 0.15) is 13.2 Å². The molecular weight excluding hydrogens is 604 g/mol. The van der Waals surface area contributed by atoms with Crippen LogP contribution in [-0.2, 0) is 16.1 Å². The molecule has 1 aliphatic heterocycles.